The van der Waals surface area contributed by atoms with Crippen LogP contribution in [0.3, 0.4) is 0 Å². The van der Waals surface area contributed by atoms with E-state index in [4.69, 9.17) is 9.26 Å². The lowest BCUT2D eigenvalue weighted by Crippen LogP contribution is -2.46. The number of ether oxygens (including phenoxy) is 1. The Balaban J connectivity index is 1.52. The lowest BCUT2D eigenvalue weighted by atomic mass is 9.90. The Bertz CT molecular complexity index is 957. The number of piperidine rings is 1. The van der Waals surface area contributed by atoms with Crippen LogP contribution in [-0.4, -0.2) is 50.5 Å². The van der Waals surface area contributed by atoms with Crippen LogP contribution >= 0.6 is 11.5 Å². The molecule has 0 aliphatic carbocycles. The molecule has 0 saturated carbocycles. The number of aromatic nitrogens is 4. The molecule has 1 aliphatic heterocycles. The SMILES string of the molecule is COC1(c2nc(-c3ccccn3)no2)CCN(C(=O)c2c(C)nsc2C)CC1. The number of amides is 1. The smallest absolute Gasteiger partial charge is 0.259 e. The molecule has 146 valence electrons. The quantitative estimate of drug-likeness (QED) is 0.665. The van der Waals surface area contributed by atoms with Gasteiger partial charge < -0.3 is 14.2 Å². The number of nitrogens with zero attached hydrogens (tertiary/aromatic N) is 5. The van der Waals surface area contributed by atoms with Gasteiger partial charge in [0.15, 0.2) is 0 Å². The molecule has 1 saturated heterocycles. The largest absolute Gasteiger partial charge is 0.368 e. The molecule has 0 atom stereocenters. The second kappa shape index (κ2) is 7.40. The van der Waals surface area contributed by atoms with Gasteiger partial charge in [0.1, 0.15) is 11.3 Å². The summed E-state index contributed by atoms with van der Waals surface area (Å²) in [6.07, 6.45) is 2.84. The minimum atomic E-state index is -0.701. The van der Waals surface area contributed by atoms with E-state index in [9.17, 15) is 4.79 Å². The van der Waals surface area contributed by atoms with Crippen LogP contribution in [0, 0.1) is 13.8 Å². The van der Waals surface area contributed by atoms with Crippen molar-refractivity contribution in [1.29, 1.82) is 0 Å². The fourth-order valence-corrected chi connectivity index (χ4v) is 4.22. The average molecular weight is 399 g/mol. The molecule has 0 unspecified atom stereocenters. The van der Waals surface area contributed by atoms with Crippen LogP contribution in [0.25, 0.3) is 11.5 Å². The summed E-state index contributed by atoms with van der Waals surface area (Å²) in [5.41, 5.74) is 1.44. The van der Waals surface area contributed by atoms with Crippen molar-refractivity contribution in [2.75, 3.05) is 20.2 Å². The number of hydrogen-bond donors (Lipinski definition) is 0. The second-order valence-corrected chi connectivity index (χ2v) is 7.81. The maximum atomic E-state index is 12.9. The van der Waals surface area contributed by atoms with E-state index in [1.165, 1.54) is 11.5 Å². The molecular formula is C19H21N5O3S. The Labute approximate surface area is 166 Å². The topological polar surface area (TPSA) is 94.2 Å². The van der Waals surface area contributed by atoms with Crippen molar-refractivity contribution in [2.45, 2.75) is 32.3 Å². The van der Waals surface area contributed by atoms with Crippen molar-refractivity contribution in [3.63, 3.8) is 0 Å². The van der Waals surface area contributed by atoms with E-state index in [0.29, 0.717) is 48.9 Å². The van der Waals surface area contributed by atoms with Gasteiger partial charge in [-0.2, -0.15) is 9.36 Å². The first-order chi connectivity index (χ1) is 13.5. The van der Waals surface area contributed by atoms with Gasteiger partial charge in [0, 0.05) is 44.1 Å². The Kier molecular flexibility index (Phi) is 4.94. The molecule has 4 rings (SSSR count). The molecule has 0 bridgehead atoms. The van der Waals surface area contributed by atoms with Crippen molar-refractivity contribution < 1.29 is 14.1 Å². The van der Waals surface area contributed by atoms with Crippen LogP contribution in [0.15, 0.2) is 28.9 Å². The molecule has 1 aliphatic rings. The molecule has 0 spiro atoms. The zero-order valence-electron chi connectivity index (χ0n) is 16.0. The first kappa shape index (κ1) is 18.7. The van der Waals surface area contributed by atoms with Crippen LogP contribution in [0.5, 0.6) is 0 Å². The fraction of sp³-hybridized carbons (Fsp3) is 0.421. The van der Waals surface area contributed by atoms with Crippen LogP contribution in [0.4, 0.5) is 0 Å². The summed E-state index contributed by atoms with van der Waals surface area (Å²) in [5.74, 6) is 0.876. The zero-order valence-corrected chi connectivity index (χ0v) is 16.8. The lowest BCUT2D eigenvalue weighted by Gasteiger charge is -2.38. The van der Waals surface area contributed by atoms with Gasteiger partial charge in [-0.25, -0.2) is 0 Å². The number of likely N-dealkylation sites (tertiary alicyclic amines) is 1. The number of carbonyl (C=O) groups excluding carboxylic acids is 1. The minimum Gasteiger partial charge on any atom is -0.368 e. The third-order valence-corrected chi connectivity index (χ3v) is 6.05. The van der Waals surface area contributed by atoms with Crippen LogP contribution < -0.4 is 0 Å². The highest BCUT2D eigenvalue weighted by molar-refractivity contribution is 7.06. The highest BCUT2D eigenvalue weighted by Crippen LogP contribution is 2.36. The lowest BCUT2D eigenvalue weighted by molar-refractivity contribution is -0.0779. The number of rotatable bonds is 4. The van der Waals surface area contributed by atoms with E-state index < -0.39 is 5.60 Å². The van der Waals surface area contributed by atoms with E-state index in [-0.39, 0.29) is 5.91 Å². The Morgan fingerprint density at radius 3 is 2.68 bits per heavy atom. The summed E-state index contributed by atoms with van der Waals surface area (Å²) in [5, 5.41) is 4.06. The second-order valence-electron chi connectivity index (χ2n) is 6.83. The number of carbonyl (C=O) groups is 1. The maximum Gasteiger partial charge on any atom is 0.259 e. The summed E-state index contributed by atoms with van der Waals surface area (Å²) in [6.45, 7) is 4.89. The molecule has 1 fully saturated rings. The van der Waals surface area contributed by atoms with Gasteiger partial charge in [-0.05, 0) is 37.5 Å². The first-order valence-electron chi connectivity index (χ1n) is 9.07. The summed E-state index contributed by atoms with van der Waals surface area (Å²) in [6, 6.07) is 5.53. The molecule has 0 N–H and O–H groups in total. The monoisotopic (exact) mass is 399 g/mol. The van der Waals surface area contributed by atoms with E-state index in [1.807, 2.05) is 36.9 Å². The molecule has 8 nitrogen and oxygen atoms in total. The van der Waals surface area contributed by atoms with Crippen molar-refractivity contribution in [3.8, 4) is 11.5 Å². The van der Waals surface area contributed by atoms with Gasteiger partial charge in [0.25, 0.3) is 11.8 Å². The normalized spacial score (nSPS) is 16.3. The molecule has 0 radical (unpaired) electrons. The van der Waals surface area contributed by atoms with Gasteiger partial charge in [-0.3, -0.25) is 9.78 Å². The van der Waals surface area contributed by atoms with Crippen molar-refractivity contribution >= 4 is 17.4 Å². The first-order valence-corrected chi connectivity index (χ1v) is 9.84. The summed E-state index contributed by atoms with van der Waals surface area (Å²) < 4.78 is 15.6. The van der Waals surface area contributed by atoms with Gasteiger partial charge in [-0.15, -0.1) is 0 Å². The highest BCUT2D eigenvalue weighted by Gasteiger charge is 2.43. The highest BCUT2D eigenvalue weighted by atomic mass is 32.1. The third kappa shape index (κ3) is 3.20. The van der Waals surface area contributed by atoms with E-state index in [1.54, 1.807) is 13.3 Å². The molecule has 1 amide bonds. The van der Waals surface area contributed by atoms with Crippen LogP contribution in [-0.2, 0) is 10.3 Å². The van der Waals surface area contributed by atoms with Gasteiger partial charge in [0.2, 0.25) is 5.82 Å². The van der Waals surface area contributed by atoms with E-state index >= 15 is 0 Å². The predicted molar refractivity (Wildman–Crippen MR) is 103 cm³/mol. The third-order valence-electron chi connectivity index (χ3n) is 5.21. The standard InChI is InChI=1S/C19H21N5O3S/c1-12-15(13(2)28-23-12)17(25)24-10-7-19(26-3,8-11-24)18-21-16(22-27-18)14-6-4-5-9-20-14/h4-6,9H,7-8,10-11H2,1-3H3. The van der Waals surface area contributed by atoms with Crippen molar-refractivity contribution in [1.82, 2.24) is 24.4 Å². The molecule has 3 aromatic rings. The van der Waals surface area contributed by atoms with Crippen LogP contribution in [0.2, 0.25) is 0 Å². The molecule has 4 heterocycles. The molecule has 9 heteroatoms. The molecular weight excluding hydrogens is 378 g/mol. The number of aryl methyl sites for hydroxylation is 2. The number of methoxy groups -OCH3 is 1. The van der Waals surface area contributed by atoms with Crippen molar-refractivity contribution in [2.24, 2.45) is 0 Å². The van der Waals surface area contributed by atoms with Gasteiger partial charge >= 0.3 is 0 Å². The minimum absolute atomic E-state index is 0.0214. The fourth-order valence-electron chi connectivity index (χ4n) is 3.53. The van der Waals surface area contributed by atoms with Crippen LogP contribution in [0.1, 0.15) is 39.7 Å². The molecule has 0 aromatic carbocycles. The Hall–Kier alpha value is -2.65. The predicted octanol–water partition coefficient (Wildman–Crippen LogP) is 2.98. The number of hydrogen-bond acceptors (Lipinski definition) is 8. The zero-order chi connectivity index (χ0) is 19.7. The summed E-state index contributed by atoms with van der Waals surface area (Å²) in [7, 11) is 1.64. The maximum absolute atomic E-state index is 12.9. The van der Waals surface area contributed by atoms with Crippen molar-refractivity contribution in [3.05, 3.63) is 46.4 Å². The molecule has 3 aromatic heterocycles. The summed E-state index contributed by atoms with van der Waals surface area (Å²) in [4.78, 5) is 24.5. The van der Waals surface area contributed by atoms with E-state index in [2.05, 4.69) is 19.5 Å². The Morgan fingerprint density at radius 2 is 2.07 bits per heavy atom. The van der Waals surface area contributed by atoms with Gasteiger partial charge in [0.05, 0.1) is 11.3 Å². The van der Waals surface area contributed by atoms with Gasteiger partial charge in [-0.1, -0.05) is 11.2 Å². The molecule has 28 heavy (non-hydrogen) atoms. The van der Waals surface area contributed by atoms with E-state index in [0.717, 1.165) is 10.6 Å². The number of pyridine rings is 1. The Morgan fingerprint density at radius 1 is 1.29 bits per heavy atom. The average Bonchev–Trinajstić information content (AvgIpc) is 3.36. The summed E-state index contributed by atoms with van der Waals surface area (Å²) >= 11 is 1.36.